The van der Waals surface area contributed by atoms with Crippen LogP contribution >= 0.6 is 0 Å². The summed E-state index contributed by atoms with van der Waals surface area (Å²) in [5, 5.41) is 39.1. The van der Waals surface area contributed by atoms with E-state index in [1.165, 1.54) is 0 Å². The van der Waals surface area contributed by atoms with E-state index in [0.717, 1.165) is 40.8 Å². The Hall–Kier alpha value is -3.89. The first-order valence-electron chi connectivity index (χ1n) is 13.8. The molecule has 4 nitrogen and oxygen atoms in total. The van der Waals surface area contributed by atoms with Gasteiger partial charge in [0.1, 0.15) is 17.1 Å². The van der Waals surface area contributed by atoms with Gasteiger partial charge in [-0.05, 0) is 71.0 Å². The normalized spacial score (nSPS) is 25.5. The van der Waals surface area contributed by atoms with Crippen molar-refractivity contribution in [1.82, 2.24) is 4.98 Å². The van der Waals surface area contributed by atoms with Gasteiger partial charge in [-0.1, -0.05) is 81.4 Å². The summed E-state index contributed by atoms with van der Waals surface area (Å²) >= 11 is 0. The molecule has 0 radical (unpaired) electrons. The minimum atomic E-state index is -1.07. The third-order valence-corrected chi connectivity index (χ3v) is 10.1. The molecule has 39 heavy (non-hydrogen) atoms. The predicted molar refractivity (Wildman–Crippen MR) is 157 cm³/mol. The number of aromatic nitrogens is 1. The summed E-state index contributed by atoms with van der Waals surface area (Å²) < 4.78 is 0. The van der Waals surface area contributed by atoms with Gasteiger partial charge >= 0.3 is 0 Å². The zero-order chi connectivity index (χ0) is 27.2. The quantitative estimate of drug-likeness (QED) is 0.227. The van der Waals surface area contributed by atoms with Gasteiger partial charge in [-0.3, -0.25) is 0 Å². The SMILES string of the molecule is CC1(C)[C@H]2CC[C@](C)(C2)[C@]1(O)c1cccc(-c2cc3ccccc3c(-c3c(O)ccc4ccccc34)c2O)n1. The molecule has 3 atom stereocenters. The molecule has 4 aromatic carbocycles. The molecule has 7 rings (SSSR count). The van der Waals surface area contributed by atoms with Crippen LogP contribution in [0.1, 0.15) is 45.7 Å². The van der Waals surface area contributed by atoms with Gasteiger partial charge in [0.25, 0.3) is 0 Å². The van der Waals surface area contributed by atoms with E-state index in [1.807, 2.05) is 78.9 Å². The van der Waals surface area contributed by atoms with Crippen LogP contribution in [0.25, 0.3) is 43.9 Å². The summed E-state index contributed by atoms with van der Waals surface area (Å²) in [6, 6.07) is 27.1. The van der Waals surface area contributed by atoms with Gasteiger partial charge in [0, 0.05) is 27.5 Å². The molecule has 0 spiro atoms. The van der Waals surface area contributed by atoms with Crippen molar-refractivity contribution in [1.29, 1.82) is 0 Å². The van der Waals surface area contributed by atoms with Gasteiger partial charge in [-0.2, -0.15) is 0 Å². The van der Waals surface area contributed by atoms with Crippen molar-refractivity contribution in [3.05, 3.63) is 90.6 Å². The maximum Gasteiger partial charge on any atom is 0.133 e. The van der Waals surface area contributed by atoms with Crippen LogP contribution < -0.4 is 0 Å². The van der Waals surface area contributed by atoms with Gasteiger partial charge in [0.15, 0.2) is 0 Å². The molecule has 4 heteroatoms. The van der Waals surface area contributed by atoms with Crippen LogP contribution in [0.3, 0.4) is 0 Å². The van der Waals surface area contributed by atoms with E-state index in [2.05, 4.69) is 20.8 Å². The van der Waals surface area contributed by atoms with Crippen molar-refractivity contribution < 1.29 is 15.3 Å². The highest BCUT2D eigenvalue weighted by molar-refractivity contribution is 6.11. The van der Waals surface area contributed by atoms with E-state index < -0.39 is 5.60 Å². The number of phenolic OH excluding ortho intramolecular Hbond substituents is 2. The van der Waals surface area contributed by atoms with Crippen LogP contribution in [-0.2, 0) is 5.60 Å². The zero-order valence-corrected chi connectivity index (χ0v) is 22.6. The van der Waals surface area contributed by atoms with Gasteiger partial charge < -0.3 is 15.3 Å². The molecule has 2 aliphatic carbocycles. The monoisotopic (exact) mass is 515 g/mol. The Morgan fingerprint density at radius 3 is 2.18 bits per heavy atom. The van der Waals surface area contributed by atoms with Crippen LogP contribution in [0.15, 0.2) is 84.9 Å². The van der Waals surface area contributed by atoms with E-state index in [9.17, 15) is 15.3 Å². The summed E-state index contributed by atoms with van der Waals surface area (Å²) in [5.74, 6) is 0.627. The average Bonchev–Trinajstić information content (AvgIpc) is 3.42. The average molecular weight is 516 g/mol. The van der Waals surface area contributed by atoms with E-state index in [4.69, 9.17) is 4.98 Å². The first-order chi connectivity index (χ1) is 18.7. The number of rotatable bonds is 3. The second kappa shape index (κ2) is 8.06. The van der Waals surface area contributed by atoms with Crippen LogP contribution in [0.2, 0.25) is 0 Å². The van der Waals surface area contributed by atoms with Gasteiger partial charge in [0.2, 0.25) is 0 Å². The minimum absolute atomic E-state index is 0.0652. The van der Waals surface area contributed by atoms with Crippen molar-refractivity contribution in [2.24, 2.45) is 16.7 Å². The number of nitrogens with zero attached hydrogens (tertiary/aromatic N) is 1. The maximum atomic E-state index is 12.4. The molecule has 1 aromatic heterocycles. The smallest absolute Gasteiger partial charge is 0.133 e. The molecule has 0 amide bonds. The number of hydrogen-bond donors (Lipinski definition) is 3. The Bertz CT molecular complexity index is 1780. The Kier molecular flexibility index (Phi) is 5.00. The highest BCUT2D eigenvalue weighted by atomic mass is 16.3. The summed E-state index contributed by atoms with van der Waals surface area (Å²) in [7, 11) is 0. The Balaban J connectivity index is 1.49. The lowest BCUT2D eigenvalue weighted by atomic mass is 9.59. The number of phenols is 2. The van der Waals surface area contributed by atoms with Crippen molar-refractivity contribution in [2.45, 2.75) is 45.6 Å². The number of aromatic hydroxyl groups is 2. The fourth-order valence-electron chi connectivity index (χ4n) is 7.99. The summed E-state index contributed by atoms with van der Waals surface area (Å²) in [4.78, 5) is 5.07. The molecule has 0 saturated heterocycles. The third-order valence-electron chi connectivity index (χ3n) is 10.1. The number of hydrogen-bond acceptors (Lipinski definition) is 4. The molecular weight excluding hydrogens is 482 g/mol. The van der Waals surface area contributed by atoms with Crippen LogP contribution in [0, 0.1) is 16.7 Å². The van der Waals surface area contributed by atoms with E-state index in [-0.39, 0.29) is 22.3 Å². The molecule has 2 bridgehead atoms. The summed E-state index contributed by atoms with van der Waals surface area (Å²) in [5.41, 5.74) is 1.41. The maximum absolute atomic E-state index is 12.4. The molecule has 2 fully saturated rings. The van der Waals surface area contributed by atoms with Gasteiger partial charge in [0.05, 0.1) is 11.4 Å². The lowest BCUT2D eigenvalue weighted by molar-refractivity contribution is -0.153. The molecule has 2 aliphatic rings. The number of aliphatic hydroxyl groups is 1. The Morgan fingerprint density at radius 1 is 0.769 bits per heavy atom. The van der Waals surface area contributed by atoms with Gasteiger partial charge in [-0.25, -0.2) is 4.98 Å². The molecule has 5 aromatic rings. The fourth-order valence-corrected chi connectivity index (χ4v) is 7.99. The molecule has 1 heterocycles. The summed E-state index contributed by atoms with van der Waals surface area (Å²) in [6.07, 6.45) is 3.11. The number of fused-ring (bicyclic) bond motifs is 4. The zero-order valence-electron chi connectivity index (χ0n) is 22.6. The number of benzene rings is 4. The van der Waals surface area contributed by atoms with Crippen molar-refractivity contribution in [3.63, 3.8) is 0 Å². The molecule has 0 aliphatic heterocycles. The first kappa shape index (κ1) is 24.2. The molecule has 0 unspecified atom stereocenters. The van der Waals surface area contributed by atoms with Crippen molar-refractivity contribution in [2.75, 3.05) is 0 Å². The molecular formula is C35H33NO3. The Morgan fingerprint density at radius 2 is 1.46 bits per heavy atom. The van der Waals surface area contributed by atoms with Crippen molar-refractivity contribution >= 4 is 21.5 Å². The van der Waals surface area contributed by atoms with Crippen LogP contribution in [0.4, 0.5) is 0 Å². The number of pyridine rings is 1. The van der Waals surface area contributed by atoms with E-state index >= 15 is 0 Å². The van der Waals surface area contributed by atoms with Crippen LogP contribution in [-0.4, -0.2) is 20.3 Å². The van der Waals surface area contributed by atoms with E-state index in [0.29, 0.717) is 34.0 Å². The molecule has 196 valence electrons. The topological polar surface area (TPSA) is 73.6 Å². The fraction of sp³-hybridized carbons (Fsp3) is 0.286. The standard InChI is InChI=1S/C35H33NO3/c1-33(2)23-17-18-34(3,20-23)35(33,39)29-14-8-13-27(36-29)26-19-22-10-5-7-12-25(22)31(32(26)38)30-24-11-6-4-9-21(24)15-16-28(30)37/h4-16,19,23,37-39H,17-18,20H2,1-3H3/t23-,34+,35-/m0/s1. The van der Waals surface area contributed by atoms with Crippen molar-refractivity contribution in [3.8, 4) is 33.9 Å². The van der Waals surface area contributed by atoms with E-state index in [1.54, 1.807) is 6.07 Å². The minimum Gasteiger partial charge on any atom is -0.507 e. The van der Waals surface area contributed by atoms with Gasteiger partial charge in [-0.15, -0.1) is 0 Å². The first-order valence-corrected chi connectivity index (χ1v) is 13.8. The highest BCUT2D eigenvalue weighted by Gasteiger charge is 2.69. The summed E-state index contributed by atoms with van der Waals surface area (Å²) in [6.45, 7) is 6.54. The second-order valence-electron chi connectivity index (χ2n) is 12.4. The largest absolute Gasteiger partial charge is 0.507 e. The highest BCUT2D eigenvalue weighted by Crippen LogP contribution is 2.71. The molecule has 3 N–H and O–H groups in total. The Labute approximate surface area is 228 Å². The van der Waals surface area contributed by atoms with Crippen LogP contribution in [0.5, 0.6) is 11.5 Å². The third kappa shape index (κ3) is 3.12. The lowest BCUT2D eigenvalue weighted by Gasteiger charge is -2.50. The molecule has 2 saturated carbocycles. The predicted octanol–water partition coefficient (Wildman–Crippen LogP) is 8.17. The lowest BCUT2D eigenvalue weighted by Crippen LogP contribution is -2.51. The second-order valence-corrected chi connectivity index (χ2v) is 12.4.